The molecule has 159 valence electrons. The van der Waals surface area contributed by atoms with E-state index >= 15 is 0 Å². The molecule has 4 rings (SSSR count). The zero-order valence-corrected chi connectivity index (χ0v) is 19.0. The summed E-state index contributed by atoms with van der Waals surface area (Å²) >= 11 is 4.43. The minimum Gasteiger partial charge on any atom is -0.506 e. The summed E-state index contributed by atoms with van der Waals surface area (Å²) in [7, 11) is 0. The third kappa shape index (κ3) is 3.65. The predicted octanol–water partition coefficient (Wildman–Crippen LogP) is 5.05. The maximum atomic E-state index is 12.7. The zero-order chi connectivity index (χ0) is 22.3. The molecule has 5 nitrogen and oxygen atoms in total. The van der Waals surface area contributed by atoms with E-state index < -0.39 is 5.63 Å². The number of nitrogens with zero attached hydrogens (tertiary/aromatic N) is 2. The van der Waals surface area contributed by atoms with Gasteiger partial charge in [0.2, 0.25) is 0 Å². The molecule has 0 bridgehead atoms. The lowest BCUT2D eigenvalue weighted by atomic mass is 9.81. The van der Waals surface area contributed by atoms with Crippen LogP contribution in [0.5, 0.6) is 5.75 Å². The van der Waals surface area contributed by atoms with E-state index in [-0.39, 0.29) is 16.7 Å². The Balaban J connectivity index is 1.73. The van der Waals surface area contributed by atoms with Crippen LogP contribution in [-0.4, -0.2) is 23.9 Å². The van der Waals surface area contributed by atoms with Gasteiger partial charge in [0.05, 0.1) is 15.8 Å². The molecule has 0 fully saturated rings. The Morgan fingerprint density at radius 1 is 1.13 bits per heavy atom. The molecule has 1 aromatic heterocycles. The molecule has 31 heavy (non-hydrogen) atoms. The monoisotopic (exact) mass is 434 g/mol. The van der Waals surface area contributed by atoms with Crippen LogP contribution in [0.15, 0.2) is 56.6 Å². The van der Waals surface area contributed by atoms with Gasteiger partial charge in [-0.1, -0.05) is 0 Å². The average Bonchev–Trinajstić information content (AvgIpc) is 2.98. The van der Waals surface area contributed by atoms with Crippen LogP contribution in [0.2, 0.25) is 0 Å². The molecule has 6 heteroatoms. The molecule has 2 heterocycles. The van der Waals surface area contributed by atoms with Gasteiger partial charge in [0.15, 0.2) is 0 Å². The van der Waals surface area contributed by atoms with Crippen LogP contribution in [0.25, 0.3) is 17.0 Å². The van der Waals surface area contributed by atoms with E-state index in [1.807, 2.05) is 24.3 Å². The molecule has 0 amide bonds. The SMILES string of the molecule is CCN(CC)c1ccc2c(O)c(/C=C/C3=[N+]c4ccc(S)cc4C3(C)C)c(=O)oc2c1. The number of hydrogen-bond acceptors (Lipinski definition) is 6. The van der Waals surface area contributed by atoms with Gasteiger partial charge in [-0.2, -0.15) is 0 Å². The van der Waals surface area contributed by atoms with Gasteiger partial charge in [-0.15, -0.1) is 12.6 Å². The van der Waals surface area contributed by atoms with Gasteiger partial charge < -0.3 is 14.4 Å². The maximum absolute atomic E-state index is 12.7. The van der Waals surface area contributed by atoms with Crippen molar-refractivity contribution in [2.24, 2.45) is 0 Å². The van der Waals surface area contributed by atoms with Crippen LogP contribution in [0.1, 0.15) is 38.8 Å². The van der Waals surface area contributed by atoms with Crippen molar-refractivity contribution in [1.82, 2.24) is 4.99 Å². The van der Waals surface area contributed by atoms with Crippen LogP contribution in [-0.2, 0) is 5.41 Å². The molecule has 0 aliphatic carbocycles. The van der Waals surface area contributed by atoms with Crippen LogP contribution in [0.4, 0.5) is 11.4 Å². The highest BCUT2D eigenvalue weighted by Gasteiger charge is 2.44. The van der Waals surface area contributed by atoms with Gasteiger partial charge in [-0.3, -0.25) is 0 Å². The second-order valence-electron chi connectivity index (χ2n) is 8.16. The van der Waals surface area contributed by atoms with E-state index in [9.17, 15) is 9.90 Å². The molecule has 0 unspecified atom stereocenters. The maximum Gasteiger partial charge on any atom is 0.347 e. The predicted molar refractivity (Wildman–Crippen MR) is 130 cm³/mol. The van der Waals surface area contributed by atoms with Crippen LogP contribution < -0.4 is 15.5 Å². The van der Waals surface area contributed by atoms with E-state index in [0.717, 1.165) is 40.6 Å². The second kappa shape index (κ2) is 7.93. The highest BCUT2D eigenvalue weighted by atomic mass is 32.1. The Bertz CT molecular complexity index is 1280. The van der Waals surface area contributed by atoms with Crippen molar-refractivity contribution in [3.63, 3.8) is 0 Å². The fourth-order valence-corrected chi connectivity index (χ4v) is 4.26. The first-order valence-electron chi connectivity index (χ1n) is 10.4. The normalized spacial score (nSPS) is 14.8. The van der Waals surface area contributed by atoms with E-state index in [1.165, 1.54) is 0 Å². The van der Waals surface area contributed by atoms with Gasteiger partial charge in [-0.25, -0.2) is 4.79 Å². The zero-order valence-electron chi connectivity index (χ0n) is 18.1. The van der Waals surface area contributed by atoms with Gasteiger partial charge in [0, 0.05) is 47.4 Å². The summed E-state index contributed by atoms with van der Waals surface area (Å²) in [5, 5.41) is 11.3. The van der Waals surface area contributed by atoms with Crippen molar-refractivity contribution in [2.75, 3.05) is 18.0 Å². The van der Waals surface area contributed by atoms with Crippen molar-refractivity contribution in [2.45, 2.75) is 38.0 Å². The second-order valence-corrected chi connectivity index (χ2v) is 8.68. The highest BCUT2D eigenvalue weighted by Crippen LogP contribution is 2.38. The van der Waals surface area contributed by atoms with E-state index in [0.29, 0.717) is 11.0 Å². The summed E-state index contributed by atoms with van der Waals surface area (Å²) in [6, 6.07) is 11.4. The Hall–Kier alpha value is -2.99. The smallest absolute Gasteiger partial charge is 0.347 e. The molecule has 1 N–H and O–H groups in total. The molecule has 0 saturated carbocycles. The summed E-state index contributed by atoms with van der Waals surface area (Å²) < 4.78 is 5.55. The number of anilines is 1. The third-order valence-corrected chi connectivity index (χ3v) is 6.25. The van der Waals surface area contributed by atoms with Crippen LogP contribution in [0.3, 0.4) is 0 Å². The van der Waals surface area contributed by atoms with Crippen molar-refractivity contribution in [1.29, 1.82) is 0 Å². The number of thiol groups is 1. The van der Waals surface area contributed by atoms with Crippen molar-refractivity contribution >= 4 is 46.8 Å². The van der Waals surface area contributed by atoms with E-state index in [2.05, 4.69) is 45.2 Å². The number of fused-ring (bicyclic) bond motifs is 2. The molecular formula is C25H26N2O3S+. The van der Waals surface area contributed by atoms with Gasteiger partial charge in [-0.05, 0) is 58.0 Å². The largest absolute Gasteiger partial charge is 0.506 e. The third-order valence-electron chi connectivity index (χ3n) is 5.97. The first-order chi connectivity index (χ1) is 14.8. The molecule has 1 aliphatic heterocycles. The number of hydrogen-bond donors (Lipinski definition) is 2. The van der Waals surface area contributed by atoms with Crippen molar-refractivity contribution in [3.8, 4) is 5.75 Å². The summed E-state index contributed by atoms with van der Waals surface area (Å²) in [6.45, 7) is 9.97. The molecule has 3 aromatic rings. The molecule has 0 saturated heterocycles. The molecule has 1 radical (unpaired) electrons. The summed E-state index contributed by atoms with van der Waals surface area (Å²) in [4.78, 5) is 20.4. The first kappa shape index (κ1) is 21.2. The Morgan fingerprint density at radius 2 is 1.87 bits per heavy atom. The van der Waals surface area contributed by atoms with Crippen LogP contribution in [0, 0.1) is 0 Å². The Kier molecular flexibility index (Phi) is 5.43. The Labute approximate surface area is 187 Å². The van der Waals surface area contributed by atoms with Crippen LogP contribution >= 0.6 is 12.6 Å². The minimum absolute atomic E-state index is 0.0832. The number of benzene rings is 2. The lowest BCUT2D eigenvalue weighted by Crippen LogP contribution is -2.25. The molecular weight excluding hydrogens is 408 g/mol. The number of rotatable bonds is 5. The van der Waals surface area contributed by atoms with Gasteiger partial charge in [0.25, 0.3) is 11.4 Å². The summed E-state index contributed by atoms with van der Waals surface area (Å²) in [6.07, 6.45) is 3.37. The lowest BCUT2D eigenvalue weighted by Gasteiger charge is -2.21. The van der Waals surface area contributed by atoms with E-state index in [4.69, 9.17) is 9.41 Å². The topological polar surface area (TPSA) is 67.8 Å². The standard InChI is InChI=1S/C25H26N2O3S/c1-5-27(6-2)15-7-9-17-21(13-15)30-24(29)18(23(17)28)10-12-22-25(3,4)19-14-16(31)8-11-20(19)26-22/h7-14,28,31H,5-6H2,1-4H3/q+1/b12-10+. The summed E-state index contributed by atoms with van der Waals surface area (Å²) in [5.41, 5.74) is 3.30. The fraction of sp³-hybridized carbons (Fsp3) is 0.280. The highest BCUT2D eigenvalue weighted by molar-refractivity contribution is 7.80. The average molecular weight is 435 g/mol. The first-order valence-corrected chi connectivity index (χ1v) is 10.9. The fourth-order valence-electron chi connectivity index (χ4n) is 4.06. The minimum atomic E-state index is -0.579. The summed E-state index contributed by atoms with van der Waals surface area (Å²) in [5.74, 6) is -0.0832. The van der Waals surface area contributed by atoms with Gasteiger partial charge >= 0.3 is 5.63 Å². The molecule has 2 aromatic carbocycles. The Morgan fingerprint density at radius 3 is 2.58 bits per heavy atom. The van der Waals surface area contributed by atoms with Crippen molar-refractivity contribution < 1.29 is 9.52 Å². The number of allylic oxidation sites excluding steroid dienone is 1. The number of aromatic hydroxyl groups is 1. The quantitative estimate of drug-likeness (QED) is 0.436. The van der Waals surface area contributed by atoms with E-state index in [1.54, 1.807) is 24.3 Å². The van der Waals surface area contributed by atoms with Crippen molar-refractivity contribution in [3.05, 3.63) is 64.0 Å². The molecule has 0 spiro atoms. The molecule has 1 aliphatic rings. The van der Waals surface area contributed by atoms with Gasteiger partial charge in [0.1, 0.15) is 16.9 Å². The lowest BCUT2D eigenvalue weighted by molar-refractivity contribution is 0.466. The number of aliphatic imine (C=N–C) groups is 1. The molecule has 0 atom stereocenters.